The molecule has 1 amide bonds. The molecule has 2 aromatic heterocycles. The van der Waals surface area contributed by atoms with Gasteiger partial charge in [0.2, 0.25) is 5.91 Å². The first-order valence-corrected chi connectivity index (χ1v) is 10.1. The van der Waals surface area contributed by atoms with Crippen LogP contribution in [0.15, 0.2) is 73.3 Å². The summed E-state index contributed by atoms with van der Waals surface area (Å²) in [6.07, 6.45) is 8.48. The van der Waals surface area contributed by atoms with Crippen LogP contribution >= 0.6 is 37.2 Å². The topological polar surface area (TPSA) is 93.2 Å². The van der Waals surface area contributed by atoms with Crippen LogP contribution in [0.2, 0.25) is 0 Å². The molecule has 0 radical (unpaired) electrons. The molecule has 2 N–H and O–H groups in total. The number of halogens is 3. The summed E-state index contributed by atoms with van der Waals surface area (Å²) in [5, 5.41) is 6.34. The monoisotopic (exact) mass is 526 g/mol. The van der Waals surface area contributed by atoms with Crippen molar-refractivity contribution in [1.29, 1.82) is 0 Å². The molecule has 34 heavy (non-hydrogen) atoms. The average Bonchev–Trinajstić information content (AvgIpc) is 2.83. The van der Waals surface area contributed by atoms with Crippen LogP contribution in [0.25, 0.3) is 0 Å². The maximum absolute atomic E-state index is 13.0. The standard InChI is InChI=1S/C24H26N4O3.3ClH/c1-31-24(30)21-4-2-20(3-5-21)22(27-16-10-18-6-12-25-13-7-18)23(29)28-17-11-19-8-14-26-15-9-19;;;/h2-9,12-15,22,27H,10-11,16-17H2,1H3,(H,28,29);3*1H. The number of aromatic nitrogens is 2. The van der Waals surface area contributed by atoms with Gasteiger partial charge in [-0.25, -0.2) is 4.79 Å². The van der Waals surface area contributed by atoms with Crippen LogP contribution in [-0.2, 0) is 22.4 Å². The molecule has 3 aromatic rings. The molecule has 0 saturated heterocycles. The molecule has 1 aromatic carbocycles. The van der Waals surface area contributed by atoms with Crippen molar-refractivity contribution < 1.29 is 14.3 Å². The summed E-state index contributed by atoms with van der Waals surface area (Å²) in [5.74, 6) is -0.523. The molecule has 0 aliphatic carbocycles. The number of nitrogens with one attached hydrogen (secondary N) is 2. The van der Waals surface area contributed by atoms with Crippen LogP contribution in [0.5, 0.6) is 0 Å². The molecule has 0 aliphatic rings. The molecule has 0 saturated carbocycles. The minimum absolute atomic E-state index is 0. The number of carbonyl (C=O) groups is 2. The molecule has 1 atom stereocenters. The van der Waals surface area contributed by atoms with Crippen molar-refractivity contribution in [2.75, 3.05) is 20.2 Å². The third-order valence-corrected chi connectivity index (χ3v) is 4.90. The van der Waals surface area contributed by atoms with Crippen molar-refractivity contribution >= 4 is 49.1 Å². The number of hydrogen-bond donors (Lipinski definition) is 2. The van der Waals surface area contributed by atoms with Gasteiger partial charge in [0, 0.05) is 37.9 Å². The molecule has 0 aliphatic heterocycles. The maximum atomic E-state index is 13.0. The van der Waals surface area contributed by atoms with E-state index in [-0.39, 0.29) is 43.1 Å². The number of benzene rings is 1. The third-order valence-electron chi connectivity index (χ3n) is 4.90. The Morgan fingerprint density at radius 3 is 1.79 bits per heavy atom. The highest BCUT2D eigenvalue weighted by atomic mass is 35.5. The van der Waals surface area contributed by atoms with Gasteiger partial charge in [0.05, 0.1) is 12.7 Å². The van der Waals surface area contributed by atoms with Crippen LogP contribution in [0.1, 0.15) is 33.1 Å². The summed E-state index contributed by atoms with van der Waals surface area (Å²) in [5.41, 5.74) is 3.48. The average molecular weight is 528 g/mol. The van der Waals surface area contributed by atoms with Crippen molar-refractivity contribution in [2.45, 2.75) is 18.9 Å². The fourth-order valence-corrected chi connectivity index (χ4v) is 3.18. The lowest BCUT2D eigenvalue weighted by molar-refractivity contribution is -0.123. The molecule has 0 fully saturated rings. The van der Waals surface area contributed by atoms with E-state index in [1.807, 2.05) is 24.3 Å². The summed E-state index contributed by atoms with van der Waals surface area (Å²) in [6, 6.07) is 14.1. The molecule has 0 spiro atoms. The highest BCUT2D eigenvalue weighted by molar-refractivity contribution is 5.89. The maximum Gasteiger partial charge on any atom is 0.337 e. The van der Waals surface area contributed by atoms with Gasteiger partial charge in [-0.05, 0) is 65.9 Å². The third kappa shape index (κ3) is 9.65. The molecule has 7 nitrogen and oxygen atoms in total. The Bertz CT molecular complexity index is 978. The lowest BCUT2D eigenvalue weighted by Gasteiger charge is -2.19. The van der Waals surface area contributed by atoms with E-state index >= 15 is 0 Å². The highest BCUT2D eigenvalue weighted by Gasteiger charge is 2.20. The zero-order chi connectivity index (χ0) is 21.9. The Kier molecular flexibility index (Phi) is 15.5. The number of amides is 1. The SMILES string of the molecule is COC(=O)c1ccc(C(NCCc2ccncc2)C(=O)NCCc2ccncc2)cc1.Cl.Cl.Cl. The predicted molar refractivity (Wildman–Crippen MR) is 139 cm³/mol. The van der Waals surface area contributed by atoms with Crippen LogP contribution in [0.4, 0.5) is 0 Å². The van der Waals surface area contributed by atoms with Crippen LogP contribution < -0.4 is 10.6 Å². The van der Waals surface area contributed by atoms with E-state index in [4.69, 9.17) is 4.74 Å². The lowest BCUT2D eigenvalue weighted by atomic mass is 10.0. The summed E-state index contributed by atoms with van der Waals surface area (Å²) >= 11 is 0. The normalized spacial score (nSPS) is 10.5. The van der Waals surface area contributed by atoms with Gasteiger partial charge in [-0.15, -0.1) is 37.2 Å². The number of esters is 1. The molecule has 3 rings (SSSR count). The number of ether oxygens (including phenoxy) is 1. The van der Waals surface area contributed by atoms with Crippen LogP contribution in [-0.4, -0.2) is 42.0 Å². The number of nitrogens with zero attached hydrogens (tertiary/aromatic N) is 2. The number of carbonyl (C=O) groups excluding carboxylic acids is 2. The first kappa shape index (κ1) is 31.3. The van der Waals surface area contributed by atoms with E-state index in [1.165, 1.54) is 7.11 Å². The van der Waals surface area contributed by atoms with Crippen LogP contribution in [0, 0.1) is 0 Å². The van der Waals surface area contributed by atoms with Crippen molar-refractivity contribution in [2.24, 2.45) is 0 Å². The summed E-state index contributed by atoms with van der Waals surface area (Å²) < 4.78 is 4.75. The van der Waals surface area contributed by atoms with E-state index in [2.05, 4.69) is 20.6 Å². The Morgan fingerprint density at radius 1 is 0.794 bits per heavy atom. The molecule has 1 unspecified atom stereocenters. The van der Waals surface area contributed by atoms with Crippen molar-refractivity contribution in [3.05, 3.63) is 95.6 Å². The van der Waals surface area contributed by atoms with Crippen molar-refractivity contribution in [1.82, 2.24) is 20.6 Å². The molecular formula is C24H29Cl3N4O3. The molecule has 0 bridgehead atoms. The fraction of sp³-hybridized carbons (Fsp3) is 0.250. The second kappa shape index (κ2) is 16.8. The lowest BCUT2D eigenvalue weighted by Crippen LogP contribution is -2.39. The van der Waals surface area contributed by atoms with Crippen molar-refractivity contribution in [3.63, 3.8) is 0 Å². The van der Waals surface area contributed by atoms with Gasteiger partial charge in [-0.3, -0.25) is 14.8 Å². The molecule has 2 heterocycles. The fourth-order valence-electron chi connectivity index (χ4n) is 3.18. The minimum atomic E-state index is -0.536. The Hall–Kier alpha value is -2.71. The van der Waals surface area contributed by atoms with Crippen LogP contribution in [0.3, 0.4) is 0 Å². The quantitative estimate of drug-likeness (QED) is 0.390. The summed E-state index contributed by atoms with van der Waals surface area (Å²) in [7, 11) is 1.34. The molecule has 184 valence electrons. The summed E-state index contributed by atoms with van der Waals surface area (Å²) in [4.78, 5) is 32.7. The van der Waals surface area contributed by atoms with Gasteiger partial charge in [0.15, 0.2) is 0 Å². The van der Waals surface area contributed by atoms with E-state index in [0.717, 1.165) is 29.5 Å². The minimum Gasteiger partial charge on any atom is -0.465 e. The van der Waals surface area contributed by atoms with E-state index < -0.39 is 12.0 Å². The Balaban J connectivity index is 0.00000363. The van der Waals surface area contributed by atoms with Crippen molar-refractivity contribution in [3.8, 4) is 0 Å². The second-order valence-electron chi connectivity index (χ2n) is 7.00. The molecular weight excluding hydrogens is 499 g/mol. The number of methoxy groups -OCH3 is 1. The first-order chi connectivity index (χ1) is 15.2. The zero-order valence-corrected chi connectivity index (χ0v) is 21.1. The second-order valence-corrected chi connectivity index (χ2v) is 7.00. The number of pyridine rings is 2. The van der Waals surface area contributed by atoms with Gasteiger partial charge in [-0.2, -0.15) is 0 Å². The Morgan fingerprint density at radius 2 is 1.29 bits per heavy atom. The van der Waals surface area contributed by atoms with E-state index in [1.54, 1.807) is 49.1 Å². The zero-order valence-electron chi connectivity index (χ0n) is 18.7. The number of hydrogen-bond acceptors (Lipinski definition) is 6. The Labute approximate surface area is 218 Å². The summed E-state index contributed by atoms with van der Waals surface area (Å²) in [6.45, 7) is 1.14. The van der Waals surface area contributed by atoms with Gasteiger partial charge in [-0.1, -0.05) is 12.1 Å². The van der Waals surface area contributed by atoms with Gasteiger partial charge in [0.25, 0.3) is 0 Å². The molecule has 10 heteroatoms. The number of rotatable bonds is 10. The predicted octanol–water partition coefficient (Wildman–Crippen LogP) is 3.76. The smallest absolute Gasteiger partial charge is 0.337 e. The highest BCUT2D eigenvalue weighted by Crippen LogP contribution is 2.15. The largest absolute Gasteiger partial charge is 0.465 e. The van der Waals surface area contributed by atoms with Gasteiger partial charge in [0.1, 0.15) is 6.04 Å². The van der Waals surface area contributed by atoms with Gasteiger partial charge < -0.3 is 15.4 Å². The van der Waals surface area contributed by atoms with E-state index in [9.17, 15) is 9.59 Å². The first-order valence-electron chi connectivity index (χ1n) is 10.1. The van der Waals surface area contributed by atoms with Gasteiger partial charge >= 0.3 is 5.97 Å². The van der Waals surface area contributed by atoms with E-state index in [0.29, 0.717) is 18.7 Å².